The van der Waals surface area contributed by atoms with Crippen molar-refractivity contribution < 1.29 is 4.42 Å². The molecule has 2 rings (SSSR count). The van der Waals surface area contributed by atoms with Crippen LogP contribution in [0.15, 0.2) is 28.8 Å². The van der Waals surface area contributed by atoms with Gasteiger partial charge in [-0.05, 0) is 39.0 Å². The average molecular weight is 233 g/mol. The summed E-state index contributed by atoms with van der Waals surface area (Å²) in [6.45, 7) is 7.86. The van der Waals surface area contributed by atoms with Crippen molar-refractivity contribution >= 4 is 0 Å². The predicted molar refractivity (Wildman–Crippen MR) is 66.6 cm³/mol. The van der Waals surface area contributed by atoms with E-state index in [0.29, 0.717) is 0 Å². The summed E-state index contributed by atoms with van der Waals surface area (Å²) in [7, 11) is 0. The summed E-state index contributed by atoms with van der Waals surface area (Å²) in [5.41, 5.74) is 1.20. The standard InChI is InChI=1S/C13H19N3O/c1-4-16-12(7-8-15-16)9-14-11(3)13-6-5-10(2)17-13/h5-8,11,14H,4,9H2,1-3H3. The smallest absolute Gasteiger partial charge is 0.120 e. The topological polar surface area (TPSA) is 43.0 Å². The van der Waals surface area contributed by atoms with Gasteiger partial charge in [0.1, 0.15) is 11.5 Å². The van der Waals surface area contributed by atoms with Gasteiger partial charge in [0.2, 0.25) is 0 Å². The van der Waals surface area contributed by atoms with Crippen LogP contribution in [-0.4, -0.2) is 9.78 Å². The molecule has 1 N–H and O–H groups in total. The highest BCUT2D eigenvalue weighted by atomic mass is 16.3. The molecule has 0 aromatic carbocycles. The van der Waals surface area contributed by atoms with Crippen LogP contribution in [0.2, 0.25) is 0 Å². The predicted octanol–water partition coefficient (Wildman–Crippen LogP) is 2.66. The Morgan fingerprint density at radius 2 is 2.24 bits per heavy atom. The Kier molecular flexibility index (Phi) is 3.64. The maximum atomic E-state index is 5.59. The minimum Gasteiger partial charge on any atom is -0.465 e. The lowest BCUT2D eigenvalue weighted by molar-refractivity contribution is 0.411. The fraction of sp³-hybridized carbons (Fsp3) is 0.462. The third-order valence-corrected chi connectivity index (χ3v) is 2.88. The summed E-state index contributed by atoms with van der Waals surface area (Å²) in [6.07, 6.45) is 1.84. The molecule has 4 heteroatoms. The van der Waals surface area contributed by atoms with Gasteiger partial charge < -0.3 is 9.73 Å². The Balaban J connectivity index is 1.94. The van der Waals surface area contributed by atoms with Gasteiger partial charge in [0.05, 0.1) is 11.7 Å². The molecule has 92 valence electrons. The van der Waals surface area contributed by atoms with Crippen molar-refractivity contribution in [3.05, 3.63) is 41.6 Å². The molecule has 0 radical (unpaired) electrons. The maximum absolute atomic E-state index is 5.59. The number of rotatable bonds is 5. The van der Waals surface area contributed by atoms with Crippen LogP contribution in [0.1, 0.15) is 37.1 Å². The van der Waals surface area contributed by atoms with Crippen LogP contribution in [0.4, 0.5) is 0 Å². The van der Waals surface area contributed by atoms with Gasteiger partial charge in [-0.1, -0.05) is 0 Å². The molecule has 17 heavy (non-hydrogen) atoms. The van der Waals surface area contributed by atoms with Gasteiger partial charge in [-0.2, -0.15) is 5.10 Å². The second-order valence-electron chi connectivity index (χ2n) is 4.19. The highest BCUT2D eigenvalue weighted by Crippen LogP contribution is 2.16. The second-order valence-corrected chi connectivity index (χ2v) is 4.19. The van der Waals surface area contributed by atoms with E-state index in [9.17, 15) is 0 Å². The van der Waals surface area contributed by atoms with Crippen LogP contribution < -0.4 is 5.32 Å². The molecule has 0 bridgehead atoms. The zero-order valence-electron chi connectivity index (χ0n) is 10.6. The van der Waals surface area contributed by atoms with E-state index in [4.69, 9.17) is 4.42 Å². The van der Waals surface area contributed by atoms with E-state index >= 15 is 0 Å². The molecule has 0 aliphatic heterocycles. The summed E-state index contributed by atoms with van der Waals surface area (Å²) < 4.78 is 7.58. The molecule has 1 atom stereocenters. The third kappa shape index (κ3) is 2.77. The van der Waals surface area contributed by atoms with Gasteiger partial charge in [0.15, 0.2) is 0 Å². The van der Waals surface area contributed by atoms with E-state index in [1.165, 1.54) is 5.69 Å². The van der Waals surface area contributed by atoms with E-state index < -0.39 is 0 Å². The zero-order chi connectivity index (χ0) is 12.3. The molecule has 4 nitrogen and oxygen atoms in total. The first-order valence-corrected chi connectivity index (χ1v) is 6.01. The van der Waals surface area contributed by atoms with Crippen LogP contribution in [0, 0.1) is 6.92 Å². The van der Waals surface area contributed by atoms with Gasteiger partial charge in [-0.25, -0.2) is 0 Å². The molecule has 2 aromatic rings. The lowest BCUT2D eigenvalue weighted by atomic mass is 10.2. The van der Waals surface area contributed by atoms with Crippen molar-refractivity contribution in [2.24, 2.45) is 0 Å². The number of hydrogen-bond acceptors (Lipinski definition) is 3. The molecular formula is C13H19N3O. The van der Waals surface area contributed by atoms with Crippen LogP contribution in [0.3, 0.4) is 0 Å². The van der Waals surface area contributed by atoms with E-state index in [1.807, 2.05) is 36.0 Å². The Morgan fingerprint density at radius 3 is 2.88 bits per heavy atom. The van der Waals surface area contributed by atoms with Crippen molar-refractivity contribution in [1.29, 1.82) is 0 Å². The third-order valence-electron chi connectivity index (χ3n) is 2.88. The molecule has 0 saturated carbocycles. The van der Waals surface area contributed by atoms with Gasteiger partial charge in [-0.3, -0.25) is 4.68 Å². The number of nitrogens with zero attached hydrogens (tertiary/aromatic N) is 2. The van der Waals surface area contributed by atoms with Crippen molar-refractivity contribution in [2.45, 2.75) is 39.9 Å². The van der Waals surface area contributed by atoms with Crippen molar-refractivity contribution in [3.63, 3.8) is 0 Å². The van der Waals surface area contributed by atoms with E-state index in [-0.39, 0.29) is 6.04 Å². The molecular weight excluding hydrogens is 214 g/mol. The normalized spacial score (nSPS) is 12.9. The summed E-state index contributed by atoms with van der Waals surface area (Å²) in [5.74, 6) is 1.93. The lowest BCUT2D eigenvalue weighted by Crippen LogP contribution is -2.19. The minimum atomic E-state index is 0.212. The Labute approximate surface area is 102 Å². The number of aromatic nitrogens is 2. The average Bonchev–Trinajstić information content (AvgIpc) is 2.94. The zero-order valence-corrected chi connectivity index (χ0v) is 10.6. The summed E-state index contributed by atoms with van der Waals surface area (Å²) in [6, 6.07) is 6.26. The van der Waals surface area contributed by atoms with Crippen molar-refractivity contribution in [1.82, 2.24) is 15.1 Å². The molecule has 0 amide bonds. The molecule has 0 spiro atoms. The highest BCUT2D eigenvalue weighted by Gasteiger charge is 2.09. The maximum Gasteiger partial charge on any atom is 0.120 e. The molecule has 2 aromatic heterocycles. The summed E-state index contributed by atoms with van der Waals surface area (Å²) >= 11 is 0. The number of hydrogen-bond donors (Lipinski definition) is 1. The number of aryl methyl sites for hydroxylation is 2. The molecule has 0 fully saturated rings. The van der Waals surface area contributed by atoms with Gasteiger partial charge in [0.25, 0.3) is 0 Å². The minimum absolute atomic E-state index is 0.212. The lowest BCUT2D eigenvalue weighted by Gasteiger charge is -2.12. The van der Waals surface area contributed by atoms with E-state index in [2.05, 4.69) is 24.3 Å². The van der Waals surface area contributed by atoms with Crippen LogP contribution in [0.25, 0.3) is 0 Å². The molecule has 0 saturated heterocycles. The molecule has 1 unspecified atom stereocenters. The first-order chi connectivity index (χ1) is 8.20. The molecule has 0 aliphatic rings. The van der Waals surface area contributed by atoms with Crippen LogP contribution in [0.5, 0.6) is 0 Å². The Morgan fingerprint density at radius 1 is 1.41 bits per heavy atom. The second kappa shape index (κ2) is 5.19. The summed E-state index contributed by atoms with van der Waals surface area (Å²) in [5, 5.41) is 7.68. The van der Waals surface area contributed by atoms with Gasteiger partial charge in [-0.15, -0.1) is 0 Å². The molecule has 0 aliphatic carbocycles. The van der Waals surface area contributed by atoms with E-state index in [1.54, 1.807) is 0 Å². The monoisotopic (exact) mass is 233 g/mol. The molecule has 2 heterocycles. The van der Waals surface area contributed by atoms with Gasteiger partial charge >= 0.3 is 0 Å². The number of nitrogens with one attached hydrogen (secondary N) is 1. The quantitative estimate of drug-likeness (QED) is 0.863. The van der Waals surface area contributed by atoms with Gasteiger partial charge in [0, 0.05) is 19.3 Å². The first kappa shape index (κ1) is 11.9. The highest BCUT2D eigenvalue weighted by molar-refractivity contribution is 5.09. The largest absolute Gasteiger partial charge is 0.465 e. The first-order valence-electron chi connectivity index (χ1n) is 6.01. The van der Waals surface area contributed by atoms with Crippen molar-refractivity contribution in [2.75, 3.05) is 0 Å². The van der Waals surface area contributed by atoms with Crippen LogP contribution >= 0.6 is 0 Å². The Hall–Kier alpha value is -1.55. The van der Waals surface area contributed by atoms with Crippen LogP contribution in [-0.2, 0) is 13.1 Å². The fourth-order valence-electron chi connectivity index (χ4n) is 1.84. The van der Waals surface area contributed by atoms with E-state index in [0.717, 1.165) is 24.6 Å². The fourth-order valence-corrected chi connectivity index (χ4v) is 1.84. The Bertz CT molecular complexity index is 472. The van der Waals surface area contributed by atoms with Crippen molar-refractivity contribution in [3.8, 4) is 0 Å². The SMILES string of the molecule is CCn1nccc1CNC(C)c1ccc(C)o1. The number of furan rings is 1. The summed E-state index contributed by atoms with van der Waals surface area (Å²) in [4.78, 5) is 0.